The topological polar surface area (TPSA) is 93.8 Å². The van der Waals surface area contributed by atoms with Crippen molar-refractivity contribution in [1.29, 1.82) is 0 Å². The average molecular weight is 394 g/mol. The van der Waals surface area contributed by atoms with Crippen LogP contribution in [0.1, 0.15) is 46.7 Å². The first-order valence-corrected chi connectivity index (χ1v) is 9.97. The largest absolute Gasteiger partial charge is 0.352 e. The number of carbonyl (C=O) groups excluding carboxylic acids is 2. The number of benzene rings is 1. The maximum atomic E-state index is 12.6. The van der Waals surface area contributed by atoms with Gasteiger partial charge in [-0.3, -0.25) is 14.3 Å². The summed E-state index contributed by atoms with van der Waals surface area (Å²) in [6, 6.07) is 5.63. The number of nitrogens with zero attached hydrogens (tertiary/aromatic N) is 4. The molecule has 0 radical (unpaired) electrons. The highest BCUT2D eigenvalue weighted by Crippen LogP contribution is 2.23. The molecule has 0 aliphatic carbocycles. The van der Waals surface area contributed by atoms with Gasteiger partial charge in [0.1, 0.15) is 0 Å². The Kier molecular flexibility index (Phi) is 5.08. The van der Waals surface area contributed by atoms with Gasteiger partial charge in [-0.05, 0) is 50.8 Å². The van der Waals surface area contributed by atoms with Gasteiger partial charge < -0.3 is 15.2 Å². The Balaban J connectivity index is 1.40. The Morgan fingerprint density at radius 3 is 2.90 bits per heavy atom. The number of rotatable bonds is 5. The van der Waals surface area contributed by atoms with Crippen molar-refractivity contribution < 1.29 is 9.59 Å². The van der Waals surface area contributed by atoms with Gasteiger partial charge in [0.15, 0.2) is 0 Å². The van der Waals surface area contributed by atoms with E-state index in [9.17, 15) is 9.59 Å². The van der Waals surface area contributed by atoms with E-state index >= 15 is 0 Å². The fourth-order valence-corrected chi connectivity index (χ4v) is 3.82. The van der Waals surface area contributed by atoms with Gasteiger partial charge in [-0.1, -0.05) is 0 Å². The predicted molar refractivity (Wildman–Crippen MR) is 110 cm³/mol. The van der Waals surface area contributed by atoms with E-state index in [1.165, 1.54) is 0 Å². The number of carbonyl (C=O) groups is 2. The molecule has 0 fully saturated rings. The summed E-state index contributed by atoms with van der Waals surface area (Å²) in [7, 11) is 1.93. The van der Waals surface area contributed by atoms with E-state index in [4.69, 9.17) is 0 Å². The summed E-state index contributed by atoms with van der Waals surface area (Å²) in [5, 5.41) is 10.3. The molecule has 1 aliphatic heterocycles. The van der Waals surface area contributed by atoms with Crippen molar-refractivity contribution in [2.24, 2.45) is 13.0 Å². The zero-order valence-corrected chi connectivity index (χ0v) is 17.0. The quantitative estimate of drug-likeness (QED) is 0.691. The van der Waals surface area contributed by atoms with Crippen molar-refractivity contribution in [3.8, 4) is 0 Å². The smallest absolute Gasteiger partial charge is 0.254 e. The van der Waals surface area contributed by atoms with Crippen molar-refractivity contribution in [3.05, 3.63) is 47.5 Å². The number of hydrogen-bond acceptors (Lipinski definition) is 4. The number of hydrogen-bond donors (Lipinski definition) is 2. The van der Waals surface area contributed by atoms with Gasteiger partial charge in [0.2, 0.25) is 0 Å². The lowest BCUT2D eigenvalue weighted by Gasteiger charge is -2.24. The molecule has 2 N–H and O–H groups in total. The Bertz CT molecular complexity index is 1060. The first-order valence-electron chi connectivity index (χ1n) is 9.97. The highest BCUT2D eigenvalue weighted by Gasteiger charge is 2.26. The summed E-state index contributed by atoms with van der Waals surface area (Å²) in [5.74, 6) is 0.0799. The summed E-state index contributed by atoms with van der Waals surface area (Å²) < 4.78 is 3.83. The molecule has 3 aromatic rings. The number of fused-ring (bicyclic) bond motifs is 2. The normalized spacial score (nSPS) is 16.1. The zero-order chi connectivity index (χ0) is 20.5. The van der Waals surface area contributed by atoms with Gasteiger partial charge in [-0.15, -0.1) is 0 Å². The Hall–Kier alpha value is -3.16. The van der Waals surface area contributed by atoms with Gasteiger partial charge in [0.25, 0.3) is 11.8 Å². The SMILES string of the molecule is CC(C)NC(=O)c1cnn2c1C[C@H](CNC(=O)c1ccc3c(c1)ncn3C)CC2. The molecule has 8 nitrogen and oxygen atoms in total. The second-order valence-electron chi connectivity index (χ2n) is 7.98. The van der Waals surface area contributed by atoms with Crippen LogP contribution in [0.5, 0.6) is 0 Å². The minimum absolute atomic E-state index is 0.0770. The maximum absolute atomic E-state index is 12.6. The molecule has 4 rings (SSSR count). The number of aryl methyl sites for hydroxylation is 2. The van der Waals surface area contributed by atoms with E-state index in [1.807, 2.05) is 48.3 Å². The molecule has 0 bridgehead atoms. The van der Waals surface area contributed by atoms with E-state index in [0.29, 0.717) is 17.7 Å². The van der Waals surface area contributed by atoms with Gasteiger partial charge in [-0.2, -0.15) is 5.10 Å². The first-order chi connectivity index (χ1) is 13.9. The second-order valence-corrected chi connectivity index (χ2v) is 7.98. The standard InChI is InChI=1S/C21H26N6O2/c1-13(2)25-21(29)16-11-24-27-7-6-14(8-19(16)27)10-22-20(28)15-4-5-18-17(9-15)23-12-26(18)3/h4-5,9,11-14H,6-8,10H2,1-3H3,(H,22,28)(H,25,29)/t14-/m1/s1. The summed E-state index contributed by atoms with van der Waals surface area (Å²) in [6.07, 6.45) is 5.03. The van der Waals surface area contributed by atoms with Gasteiger partial charge in [0, 0.05) is 31.7 Å². The molecule has 1 aromatic carbocycles. The van der Waals surface area contributed by atoms with Crippen LogP contribution in [0.3, 0.4) is 0 Å². The van der Waals surface area contributed by atoms with Crippen molar-refractivity contribution in [3.63, 3.8) is 0 Å². The molecule has 0 unspecified atom stereocenters. The minimum atomic E-state index is -0.102. The molecule has 0 saturated heterocycles. The highest BCUT2D eigenvalue weighted by atomic mass is 16.2. The first kappa shape index (κ1) is 19.2. The molecule has 8 heteroatoms. The maximum Gasteiger partial charge on any atom is 0.254 e. The molecular weight excluding hydrogens is 368 g/mol. The average Bonchev–Trinajstić information content (AvgIpc) is 3.28. The molecule has 0 saturated carbocycles. The van der Waals surface area contributed by atoms with Crippen LogP contribution in [0.4, 0.5) is 0 Å². The van der Waals surface area contributed by atoms with Gasteiger partial charge >= 0.3 is 0 Å². The van der Waals surface area contributed by atoms with Crippen LogP contribution in [0.25, 0.3) is 11.0 Å². The minimum Gasteiger partial charge on any atom is -0.352 e. The highest BCUT2D eigenvalue weighted by molar-refractivity contribution is 5.97. The number of aromatic nitrogens is 4. The van der Waals surface area contributed by atoms with Gasteiger partial charge in [-0.25, -0.2) is 4.98 Å². The fraction of sp³-hybridized carbons (Fsp3) is 0.429. The van der Waals surface area contributed by atoms with E-state index in [0.717, 1.165) is 36.1 Å². The number of imidazole rings is 1. The molecule has 0 spiro atoms. The van der Waals surface area contributed by atoms with Crippen LogP contribution in [-0.4, -0.2) is 43.7 Å². The third kappa shape index (κ3) is 3.87. The summed E-state index contributed by atoms with van der Waals surface area (Å²) in [5.41, 5.74) is 3.99. The molecule has 2 aromatic heterocycles. The number of nitrogens with one attached hydrogen (secondary N) is 2. The van der Waals surface area contributed by atoms with Crippen LogP contribution in [0.15, 0.2) is 30.7 Å². The van der Waals surface area contributed by atoms with Crippen LogP contribution in [0, 0.1) is 5.92 Å². The summed E-state index contributed by atoms with van der Waals surface area (Å²) in [4.78, 5) is 29.3. The van der Waals surface area contributed by atoms with Crippen LogP contribution in [-0.2, 0) is 20.0 Å². The lowest BCUT2D eigenvalue weighted by atomic mass is 9.94. The summed E-state index contributed by atoms with van der Waals surface area (Å²) >= 11 is 0. The van der Waals surface area contributed by atoms with E-state index in [2.05, 4.69) is 20.7 Å². The molecule has 152 valence electrons. The van der Waals surface area contributed by atoms with Crippen LogP contribution < -0.4 is 10.6 Å². The fourth-order valence-electron chi connectivity index (χ4n) is 3.82. The predicted octanol–water partition coefficient (Wildman–Crippen LogP) is 1.90. The van der Waals surface area contributed by atoms with Gasteiger partial charge in [0.05, 0.1) is 34.8 Å². The molecule has 29 heavy (non-hydrogen) atoms. The zero-order valence-electron chi connectivity index (χ0n) is 17.0. The van der Waals surface area contributed by atoms with Crippen LogP contribution in [0.2, 0.25) is 0 Å². The molecular formula is C21H26N6O2. The number of amides is 2. The summed E-state index contributed by atoms with van der Waals surface area (Å²) in [6.45, 7) is 5.20. The van der Waals surface area contributed by atoms with Crippen LogP contribution >= 0.6 is 0 Å². The van der Waals surface area contributed by atoms with E-state index in [1.54, 1.807) is 12.5 Å². The van der Waals surface area contributed by atoms with Crippen molar-refractivity contribution in [2.75, 3.05) is 6.54 Å². The molecule has 2 amide bonds. The van der Waals surface area contributed by atoms with Crippen molar-refractivity contribution in [1.82, 2.24) is 30.0 Å². The van der Waals surface area contributed by atoms with E-state index < -0.39 is 0 Å². The Morgan fingerprint density at radius 2 is 2.10 bits per heavy atom. The van der Waals surface area contributed by atoms with Crippen molar-refractivity contribution in [2.45, 2.75) is 39.3 Å². The monoisotopic (exact) mass is 394 g/mol. The third-order valence-corrected chi connectivity index (χ3v) is 5.38. The molecule has 3 heterocycles. The Morgan fingerprint density at radius 1 is 1.28 bits per heavy atom. The molecule has 1 atom stereocenters. The van der Waals surface area contributed by atoms with Crippen molar-refractivity contribution >= 4 is 22.8 Å². The molecule has 1 aliphatic rings. The third-order valence-electron chi connectivity index (χ3n) is 5.38. The Labute approximate surface area is 169 Å². The lowest BCUT2D eigenvalue weighted by molar-refractivity contribution is 0.0930. The van der Waals surface area contributed by atoms with E-state index in [-0.39, 0.29) is 23.8 Å². The second kappa shape index (κ2) is 7.69. The lowest BCUT2D eigenvalue weighted by Crippen LogP contribution is -2.35.